The Labute approximate surface area is 192 Å². The Morgan fingerprint density at radius 2 is 1.56 bits per heavy atom. The van der Waals surface area contributed by atoms with Gasteiger partial charge >= 0.3 is 0 Å². The lowest BCUT2D eigenvalue weighted by molar-refractivity contribution is 0.0848. The number of nitrogens with one attached hydrogen (secondary N) is 2. The van der Waals surface area contributed by atoms with Gasteiger partial charge in [0.1, 0.15) is 17.0 Å². The number of nitrogens with zero attached hydrogens (tertiary/aromatic N) is 3. The first kappa shape index (κ1) is 21.2. The minimum absolute atomic E-state index is 0.0400. The number of aromatic nitrogens is 3. The molecule has 0 aliphatic rings. The predicted octanol–water partition coefficient (Wildman–Crippen LogP) is 4.27. The number of amides is 2. The summed E-state index contributed by atoms with van der Waals surface area (Å²) in [6, 6.07) is 14.4. The second-order valence-corrected chi connectivity index (χ2v) is 7.67. The molecule has 5 rings (SSSR count). The molecule has 2 aromatic carbocycles. The van der Waals surface area contributed by atoms with Gasteiger partial charge in [0.2, 0.25) is 0 Å². The van der Waals surface area contributed by atoms with E-state index in [0.29, 0.717) is 33.7 Å². The second-order valence-electron chi connectivity index (χ2n) is 7.67. The standard InChI is InChI=1S/C25H18FN5O3/c1-13-14(2)28-23-18(10-15(26)11-21(23)27-13)25(33)31-30-24(32)17-12-20(22-8-5-9-34-22)29-19-7-4-3-6-16(17)19/h3-12H,1-2H3,(H,30,32)(H,31,33). The van der Waals surface area contributed by atoms with Gasteiger partial charge in [0.05, 0.1) is 39.8 Å². The average Bonchev–Trinajstić information content (AvgIpc) is 3.37. The molecule has 0 spiro atoms. The van der Waals surface area contributed by atoms with Crippen LogP contribution in [0.15, 0.2) is 65.3 Å². The number of carbonyl (C=O) groups is 2. The van der Waals surface area contributed by atoms with Crippen LogP contribution >= 0.6 is 0 Å². The lowest BCUT2D eigenvalue weighted by Gasteiger charge is -2.12. The van der Waals surface area contributed by atoms with E-state index in [2.05, 4.69) is 25.8 Å². The predicted molar refractivity (Wildman–Crippen MR) is 123 cm³/mol. The maximum atomic E-state index is 14.2. The van der Waals surface area contributed by atoms with E-state index >= 15 is 0 Å². The number of fused-ring (bicyclic) bond motifs is 2. The number of hydrogen-bond acceptors (Lipinski definition) is 6. The van der Waals surface area contributed by atoms with Crippen LogP contribution in [0.3, 0.4) is 0 Å². The fraction of sp³-hybridized carbons (Fsp3) is 0.0800. The molecule has 34 heavy (non-hydrogen) atoms. The third kappa shape index (κ3) is 3.83. The number of carbonyl (C=O) groups excluding carboxylic acids is 2. The molecule has 168 valence electrons. The summed E-state index contributed by atoms with van der Waals surface area (Å²) in [5, 5.41) is 0.595. The highest BCUT2D eigenvalue weighted by molar-refractivity contribution is 6.09. The Bertz CT molecular complexity index is 1580. The number of para-hydroxylation sites is 1. The number of benzene rings is 2. The molecule has 0 saturated carbocycles. The number of halogens is 1. The van der Waals surface area contributed by atoms with Crippen LogP contribution in [0.25, 0.3) is 33.4 Å². The number of furan rings is 1. The summed E-state index contributed by atoms with van der Waals surface area (Å²) in [7, 11) is 0. The van der Waals surface area contributed by atoms with Crippen LogP contribution in [-0.4, -0.2) is 26.8 Å². The Kier molecular flexibility index (Phi) is 5.21. The van der Waals surface area contributed by atoms with Crippen molar-refractivity contribution in [1.29, 1.82) is 0 Å². The summed E-state index contributed by atoms with van der Waals surface area (Å²) >= 11 is 0. The fourth-order valence-corrected chi connectivity index (χ4v) is 3.63. The van der Waals surface area contributed by atoms with E-state index < -0.39 is 17.6 Å². The van der Waals surface area contributed by atoms with Crippen molar-refractivity contribution >= 4 is 33.8 Å². The summed E-state index contributed by atoms with van der Waals surface area (Å²) in [4.78, 5) is 39.2. The molecule has 0 aliphatic heterocycles. The van der Waals surface area contributed by atoms with Crippen molar-refractivity contribution in [1.82, 2.24) is 25.8 Å². The van der Waals surface area contributed by atoms with Gasteiger partial charge in [-0.05, 0) is 44.2 Å². The first-order chi connectivity index (χ1) is 16.4. The van der Waals surface area contributed by atoms with Gasteiger partial charge in [-0.25, -0.2) is 19.3 Å². The van der Waals surface area contributed by atoms with Crippen molar-refractivity contribution in [2.75, 3.05) is 0 Å². The largest absolute Gasteiger partial charge is 0.463 e. The Balaban J connectivity index is 1.46. The van der Waals surface area contributed by atoms with Crippen LogP contribution in [-0.2, 0) is 0 Å². The lowest BCUT2D eigenvalue weighted by atomic mass is 10.1. The van der Waals surface area contributed by atoms with Crippen LogP contribution in [0, 0.1) is 19.7 Å². The summed E-state index contributed by atoms with van der Waals surface area (Å²) < 4.78 is 19.6. The Morgan fingerprint density at radius 1 is 0.824 bits per heavy atom. The minimum atomic E-state index is -0.722. The molecule has 0 fully saturated rings. The van der Waals surface area contributed by atoms with Crippen molar-refractivity contribution < 1.29 is 18.4 Å². The highest BCUT2D eigenvalue weighted by Crippen LogP contribution is 2.25. The van der Waals surface area contributed by atoms with Crippen LogP contribution in [0.1, 0.15) is 32.1 Å². The van der Waals surface area contributed by atoms with Crippen LogP contribution < -0.4 is 10.9 Å². The quantitative estimate of drug-likeness (QED) is 0.393. The number of hydrazine groups is 1. The number of aryl methyl sites for hydroxylation is 2. The molecule has 8 nitrogen and oxygen atoms in total. The van der Waals surface area contributed by atoms with Crippen molar-refractivity contribution in [2.24, 2.45) is 0 Å². The zero-order valence-corrected chi connectivity index (χ0v) is 18.2. The van der Waals surface area contributed by atoms with E-state index in [1.54, 1.807) is 50.2 Å². The summed E-state index contributed by atoms with van der Waals surface area (Å²) in [5.41, 5.74) is 7.80. The third-order valence-electron chi connectivity index (χ3n) is 5.41. The van der Waals surface area contributed by atoms with Gasteiger partial charge < -0.3 is 4.42 Å². The normalized spacial score (nSPS) is 11.0. The molecule has 0 saturated heterocycles. The average molecular weight is 455 g/mol. The third-order valence-corrected chi connectivity index (χ3v) is 5.41. The molecule has 9 heteroatoms. The molecule has 0 bridgehead atoms. The summed E-state index contributed by atoms with van der Waals surface area (Å²) in [5.74, 6) is -1.43. The highest BCUT2D eigenvalue weighted by atomic mass is 19.1. The molecular formula is C25H18FN5O3. The first-order valence-electron chi connectivity index (χ1n) is 10.4. The van der Waals surface area contributed by atoms with Crippen molar-refractivity contribution in [3.63, 3.8) is 0 Å². The maximum absolute atomic E-state index is 14.2. The van der Waals surface area contributed by atoms with E-state index in [9.17, 15) is 14.0 Å². The van der Waals surface area contributed by atoms with E-state index in [0.717, 1.165) is 6.07 Å². The van der Waals surface area contributed by atoms with Gasteiger partial charge in [0.25, 0.3) is 11.8 Å². The zero-order chi connectivity index (χ0) is 23.8. The SMILES string of the molecule is Cc1nc2cc(F)cc(C(=O)NNC(=O)c3cc(-c4ccco4)nc4ccccc34)c2nc1C. The molecule has 3 aromatic heterocycles. The first-order valence-corrected chi connectivity index (χ1v) is 10.4. The van der Waals surface area contributed by atoms with Crippen molar-refractivity contribution in [2.45, 2.75) is 13.8 Å². The van der Waals surface area contributed by atoms with Gasteiger partial charge in [0, 0.05) is 11.5 Å². The lowest BCUT2D eigenvalue weighted by Crippen LogP contribution is -2.42. The molecule has 2 N–H and O–H groups in total. The summed E-state index contributed by atoms with van der Waals surface area (Å²) in [6.07, 6.45) is 1.52. The molecule has 2 amide bonds. The van der Waals surface area contributed by atoms with Gasteiger partial charge in [-0.1, -0.05) is 18.2 Å². The van der Waals surface area contributed by atoms with Crippen LogP contribution in [0.2, 0.25) is 0 Å². The van der Waals surface area contributed by atoms with E-state index in [-0.39, 0.29) is 22.2 Å². The molecule has 0 aliphatic carbocycles. The van der Waals surface area contributed by atoms with Crippen molar-refractivity contribution in [3.8, 4) is 11.5 Å². The maximum Gasteiger partial charge on any atom is 0.272 e. The second kappa shape index (κ2) is 8.36. The van der Waals surface area contributed by atoms with Gasteiger partial charge in [-0.15, -0.1) is 0 Å². The molecule has 3 heterocycles. The Hall–Kier alpha value is -4.66. The monoisotopic (exact) mass is 455 g/mol. The Morgan fingerprint density at radius 3 is 2.32 bits per heavy atom. The van der Waals surface area contributed by atoms with E-state index in [4.69, 9.17) is 4.42 Å². The summed E-state index contributed by atoms with van der Waals surface area (Å²) in [6.45, 7) is 3.50. The zero-order valence-electron chi connectivity index (χ0n) is 18.2. The molecule has 0 unspecified atom stereocenters. The van der Waals surface area contributed by atoms with Crippen LogP contribution in [0.4, 0.5) is 4.39 Å². The minimum Gasteiger partial charge on any atom is -0.463 e. The molecular weight excluding hydrogens is 437 g/mol. The molecule has 0 atom stereocenters. The van der Waals surface area contributed by atoms with E-state index in [1.807, 2.05) is 6.07 Å². The number of rotatable bonds is 3. The fourth-order valence-electron chi connectivity index (χ4n) is 3.63. The number of pyridine rings is 1. The smallest absolute Gasteiger partial charge is 0.272 e. The van der Waals surface area contributed by atoms with Crippen LogP contribution in [0.5, 0.6) is 0 Å². The van der Waals surface area contributed by atoms with Gasteiger partial charge in [-0.3, -0.25) is 20.4 Å². The highest BCUT2D eigenvalue weighted by Gasteiger charge is 2.19. The van der Waals surface area contributed by atoms with Gasteiger partial charge in [-0.2, -0.15) is 0 Å². The topological polar surface area (TPSA) is 110 Å². The molecule has 0 radical (unpaired) electrons. The van der Waals surface area contributed by atoms with E-state index in [1.165, 1.54) is 12.3 Å². The molecule has 5 aromatic rings. The van der Waals surface area contributed by atoms with Gasteiger partial charge in [0.15, 0.2) is 5.76 Å². The van der Waals surface area contributed by atoms with Crippen molar-refractivity contribution in [3.05, 3.63) is 89.2 Å². The number of hydrogen-bond donors (Lipinski definition) is 2.